The van der Waals surface area contributed by atoms with Gasteiger partial charge in [-0.1, -0.05) is 16.8 Å². The zero-order chi connectivity index (χ0) is 18.5. The molecule has 148 valence electrons. The summed E-state index contributed by atoms with van der Waals surface area (Å²) >= 11 is 5.91. The smallest absolute Gasteiger partial charge is 0.231 e. The van der Waals surface area contributed by atoms with Crippen molar-refractivity contribution in [1.82, 2.24) is 15.0 Å². The Balaban J connectivity index is 0.00000261. The van der Waals surface area contributed by atoms with E-state index in [1.165, 1.54) is 0 Å². The van der Waals surface area contributed by atoms with Crippen molar-refractivity contribution in [3.05, 3.63) is 35.2 Å². The Morgan fingerprint density at radius 2 is 2.19 bits per heavy atom. The van der Waals surface area contributed by atoms with E-state index in [-0.39, 0.29) is 30.3 Å². The minimum absolute atomic E-state index is 0. The van der Waals surface area contributed by atoms with Crippen LogP contribution >= 0.6 is 24.0 Å². The molecule has 2 aromatic rings. The summed E-state index contributed by atoms with van der Waals surface area (Å²) in [6, 6.07) is 7.28. The van der Waals surface area contributed by atoms with Crippen LogP contribution in [0.3, 0.4) is 0 Å². The lowest BCUT2D eigenvalue weighted by atomic mass is 9.97. The second-order valence-corrected chi connectivity index (χ2v) is 6.88. The number of nitrogens with zero attached hydrogens (tertiary/aromatic N) is 3. The standard InChI is InChI=1S/C18H23ClN4O3.ClH/c1-25-15(10-20)9-16(24)23-8-2-3-13(11-23)18-21-17(22-26-18)12-4-6-14(19)7-5-12;/h4-7,13,15H,2-3,8-11,20H2,1H3;1H. The summed E-state index contributed by atoms with van der Waals surface area (Å²) < 4.78 is 10.7. The number of piperidine rings is 1. The maximum Gasteiger partial charge on any atom is 0.231 e. The van der Waals surface area contributed by atoms with Crippen molar-refractivity contribution >= 4 is 29.9 Å². The number of benzene rings is 1. The number of carbonyl (C=O) groups is 1. The van der Waals surface area contributed by atoms with Crippen molar-refractivity contribution in [2.75, 3.05) is 26.7 Å². The van der Waals surface area contributed by atoms with Crippen LogP contribution in [0.25, 0.3) is 11.4 Å². The number of carbonyl (C=O) groups excluding carboxylic acids is 1. The summed E-state index contributed by atoms with van der Waals surface area (Å²) in [5, 5.41) is 4.73. The van der Waals surface area contributed by atoms with Crippen molar-refractivity contribution in [2.45, 2.75) is 31.3 Å². The van der Waals surface area contributed by atoms with E-state index < -0.39 is 0 Å². The Labute approximate surface area is 169 Å². The van der Waals surface area contributed by atoms with Crippen LogP contribution in [0.5, 0.6) is 0 Å². The SMILES string of the molecule is COC(CN)CC(=O)N1CCCC(c2nc(-c3ccc(Cl)cc3)no2)C1.Cl. The van der Waals surface area contributed by atoms with Gasteiger partial charge in [0.2, 0.25) is 17.6 Å². The molecule has 0 aliphatic carbocycles. The van der Waals surface area contributed by atoms with Crippen molar-refractivity contribution in [3.63, 3.8) is 0 Å². The van der Waals surface area contributed by atoms with E-state index in [9.17, 15) is 4.79 Å². The number of nitrogens with two attached hydrogens (primary N) is 1. The first-order valence-corrected chi connectivity index (χ1v) is 9.08. The topological polar surface area (TPSA) is 94.5 Å². The van der Waals surface area contributed by atoms with E-state index in [0.717, 1.165) is 24.9 Å². The first-order chi connectivity index (χ1) is 12.6. The molecule has 1 amide bonds. The van der Waals surface area contributed by atoms with E-state index in [1.54, 1.807) is 19.2 Å². The van der Waals surface area contributed by atoms with Gasteiger partial charge in [0.1, 0.15) is 0 Å². The lowest BCUT2D eigenvalue weighted by Gasteiger charge is -2.31. The second kappa shape index (κ2) is 10.0. The molecule has 27 heavy (non-hydrogen) atoms. The molecule has 0 radical (unpaired) electrons. The summed E-state index contributed by atoms with van der Waals surface area (Å²) in [6.07, 6.45) is 1.86. The van der Waals surface area contributed by atoms with Crippen molar-refractivity contribution in [3.8, 4) is 11.4 Å². The molecule has 9 heteroatoms. The third-order valence-electron chi connectivity index (χ3n) is 4.67. The number of methoxy groups -OCH3 is 1. The van der Waals surface area contributed by atoms with Gasteiger partial charge in [-0.2, -0.15) is 4.98 Å². The molecule has 3 rings (SSSR count). The zero-order valence-electron chi connectivity index (χ0n) is 15.1. The van der Waals surface area contributed by atoms with Gasteiger partial charge in [-0.15, -0.1) is 12.4 Å². The molecule has 1 fully saturated rings. The van der Waals surface area contributed by atoms with Gasteiger partial charge < -0.3 is 19.9 Å². The van der Waals surface area contributed by atoms with E-state index >= 15 is 0 Å². The monoisotopic (exact) mass is 414 g/mol. The molecule has 2 N–H and O–H groups in total. The molecule has 1 aromatic heterocycles. The van der Waals surface area contributed by atoms with Crippen LogP contribution in [-0.2, 0) is 9.53 Å². The van der Waals surface area contributed by atoms with Gasteiger partial charge in [0.05, 0.1) is 18.4 Å². The highest BCUT2D eigenvalue weighted by atomic mass is 35.5. The highest BCUT2D eigenvalue weighted by Gasteiger charge is 2.29. The molecule has 2 atom stereocenters. The third-order valence-corrected chi connectivity index (χ3v) is 4.92. The minimum atomic E-state index is -0.247. The number of hydrogen-bond donors (Lipinski definition) is 1. The van der Waals surface area contributed by atoms with Crippen LogP contribution < -0.4 is 5.73 Å². The molecule has 0 saturated carbocycles. The van der Waals surface area contributed by atoms with Gasteiger partial charge in [-0.25, -0.2) is 0 Å². The summed E-state index contributed by atoms with van der Waals surface area (Å²) in [6.45, 7) is 1.63. The first-order valence-electron chi connectivity index (χ1n) is 8.71. The Bertz CT molecular complexity index is 734. The number of amides is 1. The van der Waals surface area contributed by atoms with Crippen LogP contribution in [0.15, 0.2) is 28.8 Å². The quantitative estimate of drug-likeness (QED) is 0.780. The van der Waals surface area contributed by atoms with Crippen LogP contribution in [0, 0.1) is 0 Å². The van der Waals surface area contributed by atoms with Gasteiger partial charge in [0.25, 0.3) is 0 Å². The fourth-order valence-electron chi connectivity index (χ4n) is 3.11. The van der Waals surface area contributed by atoms with Gasteiger partial charge >= 0.3 is 0 Å². The molecule has 2 heterocycles. The minimum Gasteiger partial charge on any atom is -0.380 e. The molecular formula is C18H24Cl2N4O3. The largest absolute Gasteiger partial charge is 0.380 e. The van der Waals surface area contributed by atoms with E-state index in [0.29, 0.717) is 36.2 Å². The average Bonchev–Trinajstić information content (AvgIpc) is 3.17. The number of halogens is 2. The average molecular weight is 415 g/mol. The Morgan fingerprint density at radius 1 is 1.44 bits per heavy atom. The van der Waals surface area contributed by atoms with Crippen LogP contribution in [0.2, 0.25) is 5.02 Å². The normalized spacial score (nSPS) is 18.0. The summed E-state index contributed by atoms with van der Waals surface area (Å²) in [7, 11) is 1.57. The number of rotatable bonds is 6. The first kappa shape index (κ1) is 21.6. The lowest BCUT2D eigenvalue weighted by Crippen LogP contribution is -2.41. The van der Waals surface area contributed by atoms with E-state index in [2.05, 4.69) is 10.1 Å². The molecule has 1 aliphatic heterocycles. The fourth-order valence-corrected chi connectivity index (χ4v) is 3.24. The van der Waals surface area contributed by atoms with E-state index in [1.807, 2.05) is 17.0 Å². The molecule has 1 aliphatic rings. The summed E-state index contributed by atoms with van der Waals surface area (Å²) in [5.41, 5.74) is 6.46. The van der Waals surface area contributed by atoms with Gasteiger partial charge in [0.15, 0.2) is 0 Å². The molecule has 1 aromatic carbocycles. The Morgan fingerprint density at radius 3 is 2.85 bits per heavy atom. The predicted octanol–water partition coefficient (Wildman–Crippen LogP) is 2.88. The molecule has 0 bridgehead atoms. The van der Waals surface area contributed by atoms with Crippen LogP contribution in [0.4, 0.5) is 0 Å². The maximum absolute atomic E-state index is 12.5. The molecule has 1 saturated heterocycles. The van der Waals surface area contributed by atoms with Crippen molar-refractivity contribution < 1.29 is 14.1 Å². The third kappa shape index (κ3) is 5.42. The highest BCUT2D eigenvalue weighted by molar-refractivity contribution is 6.30. The fraction of sp³-hybridized carbons (Fsp3) is 0.500. The second-order valence-electron chi connectivity index (χ2n) is 6.44. The van der Waals surface area contributed by atoms with Gasteiger partial charge in [-0.05, 0) is 37.1 Å². The number of ether oxygens (including phenoxy) is 1. The zero-order valence-corrected chi connectivity index (χ0v) is 16.7. The molecule has 0 spiro atoms. The highest BCUT2D eigenvalue weighted by Crippen LogP contribution is 2.28. The van der Waals surface area contributed by atoms with Crippen LogP contribution in [-0.4, -0.2) is 53.8 Å². The van der Waals surface area contributed by atoms with Crippen molar-refractivity contribution in [1.29, 1.82) is 0 Å². The van der Waals surface area contributed by atoms with Crippen molar-refractivity contribution in [2.24, 2.45) is 5.73 Å². The maximum atomic E-state index is 12.5. The number of hydrogen-bond acceptors (Lipinski definition) is 6. The predicted molar refractivity (Wildman–Crippen MR) is 105 cm³/mol. The Hall–Kier alpha value is -1.67. The Kier molecular flexibility index (Phi) is 8.04. The number of likely N-dealkylation sites (tertiary alicyclic amines) is 1. The summed E-state index contributed by atoms with van der Waals surface area (Å²) in [4.78, 5) is 18.8. The molecule has 2 unspecified atom stereocenters. The van der Waals surface area contributed by atoms with Gasteiger partial charge in [0, 0.05) is 37.3 Å². The summed E-state index contributed by atoms with van der Waals surface area (Å²) in [5.74, 6) is 1.18. The molecular weight excluding hydrogens is 391 g/mol. The lowest BCUT2D eigenvalue weighted by molar-refractivity contribution is -0.135. The van der Waals surface area contributed by atoms with Crippen LogP contribution in [0.1, 0.15) is 31.1 Å². The molecule has 7 nitrogen and oxygen atoms in total. The number of aromatic nitrogens is 2. The van der Waals surface area contributed by atoms with Gasteiger partial charge in [-0.3, -0.25) is 4.79 Å². The van der Waals surface area contributed by atoms with E-state index in [4.69, 9.17) is 26.6 Å².